The van der Waals surface area contributed by atoms with Crippen molar-refractivity contribution in [2.75, 3.05) is 13.1 Å². The lowest BCUT2D eigenvalue weighted by atomic mass is 10.1. The number of amides is 1. The fraction of sp³-hybridized carbons (Fsp3) is 0.364. The highest BCUT2D eigenvalue weighted by atomic mass is 79.9. The molecule has 1 aromatic rings. The van der Waals surface area contributed by atoms with Crippen LogP contribution in [0.5, 0.6) is 0 Å². The first-order chi connectivity index (χ1) is 7.27. The number of hydrogen-bond acceptors (Lipinski definition) is 2. The van der Waals surface area contributed by atoms with E-state index >= 15 is 0 Å². The maximum absolute atomic E-state index is 11.7. The second kappa shape index (κ2) is 4.77. The van der Waals surface area contributed by atoms with Crippen molar-refractivity contribution < 1.29 is 4.79 Å². The molecule has 1 fully saturated rings. The van der Waals surface area contributed by atoms with Crippen LogP contribution >= 0.6 is 15.9 Å². The van der Waals surface area contributed by atoms with Gasteiger partial charge < -0.3 is 10.6 Å². The Morgan fingerprint density at radius 1 is 1.20 bits per heavy atom. The van der Waals surface area contributed by atoms with Gasteiger partial charge in [-0.25, -0.2) is 0 Å². The lowest BCUT2D eigenvalue weighted by molar-refractivity contribution is -0.122. The van der Waals surface area contributed by atoms with Crippen LogP contribution < -0.4 is 10.6 Å². The maximum Gasteiger partial charge on any atom is 0.241 e. The Kier molecular flexibility index (Phi) is 3.38. The quantitative estimate of drug-likeness (QED) is 0.813. The van der Waals surface area contributed by atoms with Crippen LogP contribution in [0.2, 0.25) is 0 Å². The summed E-state index contributed by atoms with van der Waals surface area (Å²) in [6.45, 7) is 1.64. The Balaban J connectivity index is 2.20. The molecule has 1 atom stereocenters. The molecule has 1 heterocycles. The van der Waals surface area contributed by atoms with E-state index in [-0.39, 0.29) is 11.9 Å². The van der Waals surface area contributed by atoms with Crippen molar-refractivity contribution in [2.24, 2.45) is 0 Å². The Morgan fingerprint density at radius 2 is 1.93 bits per heavy atom. The molecule has 0 bridgehead atoms. The number of rotatable bonds is 1. The zero-order chi connectivity index (χ0) is 10.7. The van der Waals surface area contributed by atoms with E-state index in [1.54, 1.807) is 0 Å². The van der Waals surface area contributed by atoms with E-state index in [1.165, 1.54) is 0 Å². The monoisotopic (exact) mass is 268 g/mol. The number of hydrogen-bond donors (Lipinski definition) is 2. The summed E-state index contributed by atoms with van der Waals surface area (Å²) in [5.41, 5.74) is 1.01. The molecule has 3 nitrogen and oxygen atoms in total. The number of halogens is 1. The van der Waals surface area contributed by atoms with Crippen molar-refractivity contribution >= 4 is 21.8 Å². The molecular formula is C11H13BrN2O. The Morgan fingerprint density at radius 3 is 2.67 bits per heavy atom. The molecule has 0 aromatic heterocycles. The van der Waals surface area contributed by atoms with Gasteiger partial charge in [-0.3, -0.25) is 4.79 Å². The summed E-state index contributed by atoms with van der Waals surface area (Å²) >= 11 is 3.38. The molecule has 1 aliphatic rings. The molecule has 80 valence electrons. The summed E-state index contributed by atoms with van der Waals surface area (Å²) in [6, 6.07) is 7.63. The molecule has 0 aliphatic carbocycles. The van der Waals surface area contributed by atoms with Gasteiger partial charge in [0.15, 0.2) is 0 Å². The van der Waals surface area contributed by atoms with Crippen LogP contribution in [0, 0.1) is 0 Å². The van der Waals surface area contributed by atoms with Gasteiger partial charge in [-0.1, -0.05) is 28.1 Å². The zero-order valence-corrected chi connectivity index (χ0v) is 9.88. The minimum absolute atomic E-state index is 0.0647. The van der Waals surface area contributed by atoms with Crippen molar-refractivity contribution in [1.29, 1.82) is 0 Å². The molecule has 0 spiro atoms. The molecule has 1 unspecified atom stereocenters. The number of carbonyl (C=O) groups is 1. The molecule has 1 aromatic carbocycles. The Hall–Kier alpha value is -0.870. The van der Waals surface area contributed by atoms with Crippen molar-refractivity contribution in [3.8, 4) is 0 Å². The van der Waals surface area contributed by atoms with E-state index in [0.29, 0.717) is 0 Å². The second-order valence-electron chi connectivity index (χ2n) is 3.58. The van der Waals surface area contributed by atoms with E-state index in [2.05, 4.69) is 26.6 Å². The van der Waals surface area contributed by atoms with Crippen molar-refractivity contribution in [1.82, 2.24) is 10.6 Å². The SMILES string of the molecule is O=C1NCCCNC1c1ccc(Br)cc1. The van der Waals surface area contributed by atoms with E-state index < -0.39 is 0 Å². The van der Waals surface area contributed by atoms with Gasteiger partial charge >= 0.3 is 0 Å². The summed E-state index contributed by atoms with van der Waals surface area (Å²) in [5, 5.41) is 6.13. The summed E-state index contributed by atoms with van der Waals surface area (Å²) in [7, 11) is 0. The second-order valence-corrected chi connectivity index (χ2v) is 4.50. The summed E-state index contributed by atoms with van der Waals surface area (Å²) in [4.78, 5) is 11.7. The minimum atomic E-state index is -0.208. The van der Waals surface area contributed by atoms with Gasteiger partial charge in [0.25, 0.3) is 0 Å². The van der Waals surface area contributed by atoms with Crippen LogP contribution in [-0.2, 0) is 4.79 Å². The fourth-order valence-corrected chi connectivity index (χ4v) is 1.93. The first-order valence-electron chi connectivity index (χ1n) is 5.04. The van der Waals surface area contributed by atoms with Gasteiger partial charge in [-0.15, -0.1) is 0 Å². The maximum atomic E-state index is 11.7. The third-order valence-electron chi connectivity index (χ3n) is 2.47. The predicted molar refractivity (Wildman–Crippen MR) is 62.5 cm³/mol. The topological polar surface area (TPSA) is 41.1 Å². The average Bonchev–Trinajstić information content (AvgIpc) is 2.44. The molecule has 0 radical (unpaired) electrons. The first-order valence-corrected chi connectivity index (χ1v) is 5.83. The molecule has 1 saturated heterocycles. The molecule has 0 saturated carbocycles. The molecule has 4 heteroatoms. The molecule has 15 heavy (non-hydrogen) atoms. The van der Waals surface area contributed by atoms with Crippen LogP contribution in [0.4, 0.5) is 0 Å². The Bertz CT molecular complexity index is 350. The van der Waals surface area contributed by atoms with E-state index in [4.69, 9.17) is 0 Å². The van der Waals surface area contributed by atoms with E-state index in [9.17, 15) is 4.79 Å². The molecule has 2 rings (SSSR count). The highest BCUT2D eigenvalue weighted by molar-refractivity contribution is 9.10. The van der Waals surface area contributed by atoms with Crippen LogP contribution in [0.1, 0.15) is 18.0 Å². The fourth-order valence-electron chi connectivity index (χ4n) is 1.67. The average molecular weight is 269 g/mol. The van der Waals surface area contributed by atoms with Crippen LogP contribution in [0.3, 0.4) is 0 Å². The highest BCUT2D eigenvalue weighted by Crippen LogP contribution is 2.17. The zero-order valence-electron chi connectivity index (χ0n) is 8.29. The van der Waals surface area contributed by atoms with Gasteiger partial charge in [0.2, 0.25) is 5.91 Å². The standard InChI is InChI=1S/C11H13BrN2O/c12-9-4-2-8(3-5-9)10-11(15)14-7-1-6-13-10/h2-5,10,13H,1,6-7H2,(H,14,15). The molecular weight excluding hydrogens is 256 g/mol. The first kappa shape index (κ1) is 10.6. The van der Waals surface area contributed by atoms with E-state index in [1.807, 2.05) is 24.3 Å². The summed E-state index contributed by atoms with van der Waals surface area (Å²) in [6.07, 6.45) is 0.985. The van der Waals surface area contributed by atoms with Crippen molar-refractivity contribution in [3.05, 3.63) is 34.3 Å². The van der Waals surface area contributed by atoms with Gasteiger partial charge in [-0.05, 0) is 30.7 Å². The Labute approximate surface area is 97.4 Å². The van der Waals surface area contributed by atoms with Gasteiger partial charge in [0.05, 0.1) is 0 Å². The van der Waals surface area contributed by atoms with Crippen molar-refractivity contribution in [2.45, 2.75) is 12.5 Å². The third-order valence-corrected chi connectivity index (χ3v) is 3.00. The molecule has 1 aliphatic heterocycles. The highest BCUT2D eigenvalue weighted by Gasteiger charge is 2.21. The van der Waals surface area contributed by atoms with E-state index in [0.717, 1.165) is 29.5 Å². The number of benzene rings is 1. The van der Waals surface area contributed by atoms with Gasteiger partial charge in [0.1, 0.15) is 6.04 Å². The molecule has 1 amide bonds. The van der Waals surface area contributed by atoms with Crippen LogP contribution in [0.25, 0.3) is 0 Å². The third kappa shape index (κ3) is 2.58. The normalized spacial score (nSPS) is 21.9. The van der Waals surface area contributed by atoms with Gasteiger partial charge in [0, 0.05) is 11.0 Å². The summed E-state index contributed by atoms with van der Waals surface area (Å²) in [5.74, 6) is 0.0647. The predicted octanol–water partition coefficient (Wildman–Crippen LogP) is 1.60. The summed E-state index contributed by atoms with van der Waals surface area (Å²) < 4.78 is 1.03. The number of carbonyl (C=O) groups excluding carboxylic acids is 1. The number of nitrogens with one attached hydrogen (secondary N) is 2. The largest absolute Gasteiger partial charge is 0.354 e. The lowest BCUT2D eigenvalue weighted by Crippen LogP contribution is -2.33. The van der Waals surface area contributed by atoms with Gasteiger partial charge in [-0.2, -0.15) is 0 Å². The van der Waals surface area contributed by atoms with Crippen LogP contribution in [0.15, 0.2) is 28.7 Å². The van der Waals surface area contributed by atoms with Crippen molar-refractivity contribution in [3.63, 3.8) is 0 Å². The molecule has 2 N–H and O–H groups in total. The minimum Gasteiger partial charge on any atom is -0.354 e. The lowest BCUT2D eigenvalue weighted by Gasteiger charge is -2.14. The van der Waals surface area contributed by atoms with Crippen LogP contribution in [-0.4, -0.2) is 19.0 Å². The smallest absolute Gasteiger partial charge is 0.241 e.